The molecule has 5 rings (SSSR count). The molecule has 3 aromatic carbocycles. The molecule has 0 spiro atoms. The minimum atomic E-state index is -1.02. The Morgan fingerprint density at radius 2 is 1.86 bits per heavy atom. The largest absolute Gasteiger partial charge is 0.491 e. The fraction of sp³-hybridized carbons (Fsp3) is 0.344. The van der Waals surface area contributed by atoms with E-state index in [2.05, 4.69) is 15.3 Å². The predicted molar refractivity (Wildman–Crippen MR) is 164 cm³/mol. The highest BCUT2D eigenvalue weighted by Gasteiger charge is 2.24. The van der Waals surface area contributed by atoms with Crippen LogP contribution in [0.1, 0.15) is 31.2 Å². The molecule has 232 valence electrons. The predicted octanol–water partition coefficient (Wildman–Crippen LogP) is 4.61. The van der Waals surface area contributed by atoms with Crippen molar-refractivity contribution in [2.45, 2.75) is 50.6 Å². The van der Waals surface area contributed by atoms with Gasteiger partial charge >= 0.3 is 0 Å². The van der Waals surface area contributed by atoms with Gasteiger partial charge in [0.05, 0.1) is 35.3 Å². The summed E-state index contributed by atoms with van der Waals surface area (Å²) in [5, 5.41) is 34.7. The molecule has 0 saturated carbocycles. The number of halogens is 2. The number of aliphatic hydroxyl groups is 3. The van der Waals surface area contributed by atoms with Crippen LogP contribution in [0.3, 0.4) is 0 Å². The van der Waals surface area contributed by atoms with E-state index >= 15 is 0 Å². The molecule has 12 heteroatoms. The molecule has 1 aromatic heterocycles. The van der Waals surface area contributed by atoms with E-state index in [1.165, 1.54) is 18.5 Å². The summed E-state index contributed by atoms with van der Waals surface area (Å²) in [6.45, 7) is 1.01. The number of ether oxygens (including phenoxy) is 2. The van der Waals surface area contributed by atoms with Gasteiger partial charge in [-0.2, -0.15) is 0 Å². The molecule has 10 nitrogen and oxygen atoms in total. The number of amides is 1. The number of piperidine rings is 1. The van der Waals surface area contributed by atoms with E-state index in [1.54, 1.807) is 53.4 Å². The second-order valence-electron chi connectivity index (χ2n) is 10.8. The lowest BCUT2D eigenvalue weighted by molar-refractivity contribution is -0.135. The monoisotopic (exact) mass is 624 g/mol. The number of hydrogen-bond donors (Lipinski definition) is 4. The number of carbonyl (C=O) groups excluding carboxylic acids is 1. The minimum Gasteiger partial charge on any atom is -0.491 e. The third-order valence-corrected chi connectivity index (χ3v) is 7.59. The molecule has 0 aliphatic carbocycles. The zero-order chi connectivity index (χ0) is 31.1. The Morgan fingerprint density at radius 3 is 2.64 bits per heavy atom. The van der Waals surface area contributed by atoms with Gasteiger partial charge in [-0.15, -0.1) is 0 Å². The average molecular weight is 625 g/mol. The van der Waals surface area contributed by atoms with E-state index in [0.717, 1.165) is 0 Å². The number of aliphatic hydroxyl groups excluding tert-OH is 3. The van der Waals surface area contributed by atoms with Crippen molar-refractivity contribution in [3.63, 3.8) is 0 Å². The SMILES string of the molecule is O=C(CC(O)CC(O)COc1ccc2ncnc(Nc3ccc(OCc4cccc(F)c4)c(Cl)c3)c2c1)N1CCC(O)CC1. The van der Waals surface area contributed by atoms with E-state index in [1.807, 2.05) is 0 Å². The van der Waals surface area contributed by atoms with Crippen LogP contribution in [0, 0.1) is 5.82 Å². The molecule has 2 unspecified atom stereocenters. The second kappa shape index (κ2) is 14.6. The van der Waals surface area contributed by atoms with Crippen molar-refractivity contribution in [3.8, 4) is 11.5 Å². The molecule has 1 aliphatic rings. The van der Waals surface area contributed by atoms with Crippen LogP contribution in [-0.4, -0.2) is 74.1 Å². The third kappa shape index (κ3) is 8.54. The van der Waals surface area contributed by atoms with Crippen molar-refractivity contribution < 1.29 is 34.0 Å². The first-order chi connectivity index (χ1) is 21.2. The summed E-state index contributed by atoms with van der Waals surface area (Å²) in [4.78, 5) is 22.7. The number of nitrogens with one attached hydrogen (secondary N) is 1. The Kier molecular flexibility index (Phi) is 10.4. The van der Waals surface area contributed by atoms with Crippen LogP contribution in [0.25, 0.3) is 10.9 Å². The van der Waals surface area contributed by atoms with Gasteiger partial charge in [0, 0.05) is 30.6 Å². The molecule has 1 saturated heterocycles. The Morgan fingerprint density at radius 1 is 1.05 bits per heavy atom. The number of hydrogen-bond acceptors (Lipinski definition) is 9. The average Bonchev–Trinajstić information content (AvgIpc) is 3.00. The molecule has 4 aromatic rings. The molecule has 0 radical (unpaired) electrons. The van der Waals surface area contributed by atoms with Crippen molar-refractivity contribution in [1.82, 2.24) is 14.9 Å². The number of likely N-dealkylation sites (tertiary alicyclic amines) is 1. The highest BCUT2D eigenvalue weighted by atomic mass is 35.5. The summed E-state index contributed by atoms with van der Waals surface area (Å²) < 4.78 is 25.0. The van der Waals surface area contributed by atoms with Crippen LogP contribution in [0.2, 0.25) is 5.02 Å². The van der Waals surface area contributed by atoms with Crippen molar-refractivity contribution in [2.24, 2.45) is 0 Å². The van der Waals surface area contributed by atoms with Gasteiger partial charge < -0.3 is 35.0 Å². The lowest BCUT2D eigenvalue weighted by atomic mass is 10.1. The molecule has 1 fully saturated rings. The van der Waals surface area contributed by atoms with Crippen molar-refractivity contribution >= 4 is 39.9 Å². The second-order valence-corrected chi connectivity index (χ2v) is 11.2. The lowest BCUT2D eigenvalue weighted by Crippen LogP contribution is -2.41. The molecular weight excluding hydrogens is 591 g/mol. The Labute approximate surface area is 259 Å². The summed E-state index contributed by atoms with van der Waals surface area (Å²) >= 11 is 6.45. The van der Waals surface area contributed by atoms with E-state index in [0.29, 0.717) is 70.4 Å². The zero-order valence-electron chi connectivity index (χ0n) is 23.9. The molecule has 4 N–H and O–H groups in total. The van der Waals surface area contributed by atoms with Crippen molar-refractivity contribution in [1.29, 1.82) is 0 Å². The molecule has 2 atom stereocenters. The summed E-state index contributed by atoms with van der Waals surface area (Å²) in [5.41, 5.74) is 2.00. The van der Waals surface area contributed by atoms with Gasteiger partial charge in [-0.25, -0.2) is 14.4 Å². The highest BCUT2D eigenvalue weighted by Crippen LogP contribution is 2.32. The zero-order valence-corrected chi connectivity index (χ0v) is 24.7. The number of anilines is 2. The first kappa shape index (κ1) is 31.4. The first-order valence-corrected chi connectivity index (χ1v) is 14.7. The molecular formula is C32H34ClFN4O6. The molecule has 44 heavy (non-hydrogen) atoms. The first-order valence-electron chi connectivity index (χ1n) is 14.4. The van der Waals surface area contributed by atoms with Crippen LogP contribution < -0.4 is 14.8 Å². The van der Waals surface area contributed by atoms with E-state index in [9.17, 15) is 24.5 Å². The Balaban J connectivity index is 1.16. The topological polar surface area (TPSA) is 137 Å². The van der Waals surface area contributed by atoms with Crippen LogP contribution in [-0.2, 0) is 11.4 Å². The minimum absolute atomic E-state index is 0.0194. The molecule has 1 aliphatic heterocycles. The molecule has 1 amide bonds. The van der Waals surface area contributed by atoms with Gasteiger partial charge in [0.25, 0.3) is 0 Å². The lowest BCUT2D eigenvalue weighted by Gasteiger charge is -2.30. The number of fused-ring (bicyclic) bond motifs is 1. The Bertz CT molecular complexity index is 1590. The van der Waals surface area contributed by atoms with Crippen molar-refractivity contribution in [2.75, 3.05) is 25.0 Å². The fourth-order valence-corrected chi connectivity index (χ4v) is 5.18. The van der Waals surface area contributed by atoms with Gasteiger partial charge in [-0.3, -0.25) is 4.79 Å². The summed E-state index contributed by atoms with van der Waals surface area (Å²) in [5.74, 6) is 0.885. The number of aromatic nitrogens is 2. The van der Waals surface area contributed by atoms with Crippen LogP contribution in [0.5, 0.6) is 11.5 Å². The maximum absolute atomic E-state index is 13.4. The van der Waals surface area contributed by atoms with Gasteiger partial charge in [-0.05, 0) is 66.9 Å². The quantitative estimate of drug-likeness (QED) is 0.178. The maximum atomic E-state index is 13.4. The van der Waals surface area contributed by atoms with E-state index < -0.39 is 12.2 Å². The van der Waals surface area contributed by atoms with Crippen LogP contribution in [0.4, 0.5) is 15.9 Å². The van der Waals surface area contributed by atoms with Crippen LogP contribution in [0.15, 0.2) is 67.0 Å². The van der Waals surface area contributed by atoms with E-state index in [-0.39, 0.29) is 43.9 Å². The van der Waals surface area contributed by atoms with Gasteiger partial charge in [-0.1, -0.05) is 23.7 Å². The van der Waals surface area contributed by atoms with Gasteiger partial charge in [0.2, 0.25) is 5.91 Å². The van der Waals surface area contributed by atoms with Crippen molar-refractivity contribution in [3.05, 3.63) is 83.4 Å². The molecule has 0 bridgehead atoms. The molecule has 2 heterocycles. The summed E-state index contributed by atoms with van der Waals surface area (Å²) in [6, 6.07) is 16.6. The standard InChI is InChI=1S/C32H34ClFN4O6/c33-28-13-22(4-7-30(28)44-17-20-2-1-3-21(34)12-20)37-32-27-16-26(5-6-29(27)35-19-36-32)43-18-25(41)14-24(40)15-31(42)38-10-8-23(39)9-11-38/h1-7,12-13,16,19,23-25,39-41H,8-11,14-15,17-18H2,(H,35,36,37). The van der Waals surface area contributed by atoms with Crippen LogP contribution >= 0.6 is 11.6 Å². The van der Waals surface area contributed by atoms with Gasteiger partial charge in [0.15, 0.2) is 0 Å². The smallest absolute Gasteiger partial charge is 0.225 e. The highest BCUT2D eigenvalue weighted by molar-refractivity contribution is 6.32. The fourth-order valence-electron chi connectivity index (χ4n) is 4.95. The normalized spacial score (nSPS) is 15.2. The third-order valence-electron chi connectivity index (χ3n) is 7.30. The summed E-state index contributed by atoms with van der Waals surface area (Å²) in [7, 11) is 0. The number of benzene rings is 3. The van der Waals surface area contributed by atoms with Gasteiger partial charge in [0.1, 0.15) is 42.7 Å². The Hall–Kier alpha value is -4.03. The number of nitrogens with zero attached hydrogens (tertiary/aromatic N) is 3. The maximum Gasteiger partial charge on any atom is 0.225 e. The summed E-state index contributed by atoms with van der Waals surface area (Å²) in [6.07, 6.45) is -0.0255. The number of carbonyl (C=O) groups is 1. The van der Waals surface area contributed by atoms with E-state index in [4.69, 9.17) is 21.1 Å². The number of rotatable bonds is 12.